The predicted octanol–water partition coefficient (Wildman–Crippen LogP) is 5.04. The van der Waals surface area contributed by atoms with E-state index in [4.69, 9.17) is 4.74 Å². The molecule has 0 unspecified atom stereocenters. The molecule has 0 radical (unpaired) electrons. The van der Waals surface area contributed by atoms with Gasteiger partial charge in [0.15, 0.2) is 5.82 Å². The smallest absolute Gasteiger partial charge is 0.254 e. The predicted molar refractivity (Wildman–Crippen MR) is 116 cm³/mol. The van der Waals surface area contributed by atoms with Crippen LogP contribution in [0.2, 0.25) is 0 Å². The Labute approximate surface area is 184 Å². The number of pyridine rings is 1. The van der Waals surface area contributed by atoms with Crippen molar-refractivity contribution in [3.05, 3.63) is 48.1 Å². The number of halogens is 2. The van der Waals surface area contributed by atoms with E-state index in [1.165, 1.54) is 6.20 Å². The number of methoxy groups -OCH3 is 1. The molecule has 0 spiro atoms. The summed E-state index contributed by atoms with van der Waals surface area (Å²) in [6.45, 7) is 3.53. The molecule has 2 fully saturated rings. The number of fused-ring (bicyclic) bond motifs is 3. The lowest BCUT2D eigenvalue weighted by molar-refractivity contribution is -0.0888. The number of rotatable bonds is 3. The molecule has 1 N–H and O–H groups in total. The molecule has 2 saturated carbocycles. The minimum absolute atomic E-state index is 0.0322. The molecule has 2 aromatic heterocycles. The van der Waals surface area contributed by atoms with Gasteiger partial charge in [0, 0.05) is 42.1 Å². The van der Waals surface area contributed by atoms with Crippen molar-refractivity contribution < 1.29 is 18.6 Å². The number of ether oxygens (including phenoxy) is 1. The largest absolute Gasteiger partial charge is 0.507 e. The van der Waals surface area contributed by atoms with Gasteiger partial charge in [0.2, 0.25) is 0 Å². The molecule has 8 heteroatoms. The third-order valence-corrected chi connectivity index (χ3v) is 7.01. The first kappa shape index (κ1) is 20.9. The fourth-order valence-electron chi connectivity index (χ4n) is 5.70. The Kier molecular flexibility index (Phi) is 4.57. The summed E-state index contributed by atoms with van der Waals surface area (Å²) in [5.74, 6) is -2.43. The van der Waals surface area contributed by atoms with Crippen molar-refractivity contribution >= 4 is 16.8 Å². The molecular weight excluding hydrogens is 414 g/mol. The van der Waals surface area contributed by atoms with Gasteiger partial charge >= 0.3 is 0 Å². The zero-order valence-electron chi connectivity index (χ0n) is 18.1. The molecule has 0 aliphatic heterocycles. The molecule has 2 heterocycles. The van der Waals surface area contributed by atoms with E-state index in [9.17, 15) is 13.9 Å². The average molecular weight is 438 g/mol. The number of hydrogen-bond donors (Lipinski definition) is 1. The second-order valence-electron chi connectivity index (χ2n) is 9.58. The lowest BCUT2D eigenvalue weighted by atomic mass is 9.66. The van der Waals surface area contributed by atoms with Gasteiger partial charge in [-0.3, -0.25) is 4.98 Å². The van der Waals surface area contributed by atoms with Gasteiger partial charge in [-0.25, -0.2) is 13.8 Å². The zero-order valence-corrected chi connectivity index (χ0v) is 18.1. The van der Waals surface area contributed by atoms with Gasteiger partial charge in [-0.15, -0.1) is 10.2 Å². The van der Waals surface area contributed by atoms with E-state index in [1.54, 1.807) is 44.6 Å². The third kappa shape index (κ3) is 3.16. The molecule has 6 nitrogen and oxygen atoms in total. The SMILES string of the molecule is CO[C@@H]1/C(=C\c2cnc(-c3cc4ccncc4cc3O)nn2)C[C@@]2(C)C[C@]1(C)CC2(F)F. The summed E-state index contributed by atoms with van der Waals surface area (Å²) in [5.41, 5.74) is -0.0304. The van der Waals surface area contributed by atoms with Crippen LogP contribution in [0.5, 0.6) is 5.75 Å². The number of benzene rings is 1. The summed E-state index contributed by atoms with van der Waals surface area (Å²) < 4.78 is 35.3. The number of phenols is 1. The van der Waals surface area contributed by atoms with Crippen molar-refractivity contribution in [2.45, 2.75) is 45.1 Å². The zero-order chi connectivity index (χ0) is 22.7. The Hall–Kier alpha value is -3.00. The highest BCUT2D eigenvalue weighted by atomic mass is 19.3. The van der Waals surface area contributed by atoms with Crippen LogP contribution >= 0.6 is 0 Å². The average Bonchev–Trinajstić information content (AvgIpc) is 2.88. The molecule has 3 aromatic rings. The molecule has 2 aliphatic rings. The number of aromatic hydroxyl groups is 1. The van der Waals surface area contributed by atoms with E-state index >= 15 is 0 Å². The van der Waals surface area contributed by atoms with Crippen LogP contribution < -0.4 is 0 Å². The van der Waals surface area contributed by atoms with Gasteiger partial charge in [0.05, 0.1) is 17.9 Å². The van der Waals surface area contributed by atoms with Gasteiger partial charge in [-0.2, -0.15) is 0 Å². The monoisotopic (exact) mass is 438 g/mol. The molecular formula is C24H24F2N4O2. The highest BCUT2D eigenvalue weighted by Crippen LogP contribution is 2.66. The van der Waals surface area contributed by atoms with E-state index in [-0.39, 0.29) is 24.4 Å². The first-order valence-corrected chi connectivity index (χ1v) is 10.5. The molecule has 32 heavy (non-hydrogen) atoms. The van der Waals surface area contributed by atoms with Gasteiger partial charge in [-0.05, 0) is 48.1 Å². The normalized spacial score (nSPS) is 30.2. The van der Waals surface area contributed by atoms with Crippen LogP contribution in [0.4, 0.5) is 8.78 Å². The number of alkyl halides is 2. The highest BCUT2D eigenvalue weighted by Gasteiger charge is 2.67. The molecule has 0 amide bonds. The molecule has 2 aliphatic carbocycles. The highest BCUT2D eigenvalue weighted by molar-refractivity contribution is 5.88. The Morgan fingerprint density at radius 1 is 1.12 bits per heavy atom. The maximum Gasteiger partial charge on any atom is 0.254 e. The molecule has 1 aromatic carbocycles. The molecule has 2 bridgehead atoms. The van der Waals surface area contributed by atoms with E-state index in [0.717, 1.165) is 16.3 Å². The standard InChI is InChI=1S/C24H24F2N4O2/c1-22-12-23(2,24(25,26)13-22)9-15(20(22)32-3)6-17-11-28-21(30-29-17)18-7-14-4-5-27-10-16(14)8-19(18)31/h4-8,10-11,20,31H,9,12-13H2,1-3H3/b15-6-/t20-,22-,23+/m1/s1. The third-order valence-electron chi connectivity index (χ3n) is 7.01. The maximum absolute atomic E-state index is 14.8. The summed E-state index contributed by atoms with van der Waals surface area (Å²) in [6, 6.07) is 5.23. The Balaban J connectivity index is 1.49. The minimum atomic E-state index is -2.75. The summed E-state index contributed by atoms with van der Waals surface area (Å²) >= 11 is 0. The van der Waals surface area contributed by atoms with Crippen molar-refractivity contribution in [1.82, 2.24) is 20.2 Å². The van der Waals surface area contributed by atoms with Crippen LogP contribution in [0, 0.1) is 10.8 Å². The summed E-state index contributed by atoms with van der Waals surface area (Å²) in [6.07, 6.45) is 6.69. The first-order valence-electron chi connectivity index (χ1n) is 10.5. The van der Waals surface area contributed by atoms with Crippen LogP contribution in [-0.2, 0) is 4.74 Å². The second kappa shape index (κ2) is 7.00. The van der Waals surface area contributed by atoms with Crippen molar-refractivity contribution in [2.24, 2.45) is 10.8 Å². The number of aromatic nitrogens is 4. The summed E-state index contributed by atoms with van der Waals surface area (Å²) in [7, 11) is 1.56. The van der Waals surface area contributed by atoms with Crippen molar-refractivity contribution in [2.75, 3.05) is 7.11 Å². The topological polar surface area (TPSA) is 81.0 Å². The van der Waals surface area contributed by atoms with E-state index in [0.29, 0.717) is 17.7 Å². The van der Waals surface area contributed by atoms with Gasteiger partial charge in [0.25, 0.3) is 5.92 Å². The molecule has 0 saturated heterocycles. The quantitative estimate of drug-likeness (QED) is 0.617. The van der Waals surface area contributed by atoms with Crippen LogP contribution in [0.3, 0.4) is 0 Å². The maximum atomic E-state index is 14.8. The van der Waals surface area contributed by atoms with Crippen LogP contribution in [0.15, 0.2) is 42.4 Å². The number of hydrogen-bond acceptors (Lipinski definition) is 6. The number of nitrogens with zero attached hydrogens (tertiary/aromatic N) is 4. The molecule has 166 valence electrons. The fourth-order valence-corrected chi connectivity index (χ4v) is 5.70. The summed E-state index contributed by atoms with van der Waals surface area (Å²) in [5, 5.41) is 20.5. The first-order chi connectivity index (χ1) is 15.1. The Bertz CT molecular complexity index is 1230. The molecule has 5 rings (SSSR count). The lowest BCUT2D eigenvalue weighted by Gasteiger charge is -2.42. The van der Waals surface area contributed by atoms with Gasteiger partial charge in [-0.1, -0.05) is 13.8 Å². The van der Waals surface area contributed by atoms with Crippen molar-refractivity contribution in [1.29, 1.82) is 0 Å². The number of phenolic OH excluding ortho intramolecular Hbond substituents is 1. The summed E-state index contributed by atoms with van der Waals surface area (Å²) in [4.78, 5) is 8.42. The van der Waals surface area contributed by atoms with E-state index in [2.05, 4.69) is 20.2 Å². The van der Waals surface area contributed by atoms with Crippen LogP contribution in [-0.4, -0.2) is 44.4 Å². The van der Waals surface area contributed by atoms with Crippen molar-refractivity contribution in [3.8, 4) is 17.1 Å². The van der Waals surface area contributed by atoms with E-state index in [1.807, 2.05) is 13.0 Å². The second-order valence-corrected chi connectivity index (χ2v) is 9.58. The molecule has 3 atom stereocenters. The Morgan fingerprint density at radius 3 is 2.66 bits per heavy atom. The Morgan fingerprint density at radius 2 is 1.94 bits per heavy atom. The van der Waals surface area contributed by atoms with Gasteiger partial charge < -0.3 is 9.84 Å². The minimum Gasteiger partial charge on any atom is -0.507 e. The van der Waals surface area contributed by atoms with Crippen molar-refractivity contribution in [3.63, 3.8) is 0 Å². The fraction of sp³-hybridized carbons (Fsp3) is 0.417. The van der Waals surface area contributed by atoms with Crippen LogP contribution in [0.25, 0.3) is 28.2 Å². The van der Waals surface area contributed by atoms with Crippen LogP contribution in [0.1, 0.15) is 38.8 Å². The van der Waals surface area contributed by atoms with E-state index < -0.39 is 22.9 Å². The van der Waals surface area contributed by atoms with Gasteiger partial charge in [0.1, 0.15) is 11.4 Å². The lowest BCUT2D eigenvalue weighted by Crippen LogP contribution is -2.40.